The second-order valence-corrected chi connectivity index (χ2v) is 4.45. The third-order valence-corrected chi connectivity index (χ3v) is 2.84. The topological polar surface area (TPSA) is 67.2 Å². The molecular formula is C15H16FN3O. The third-order valence-electron chi connectivity index (χ3n) is 2.84. The Morgan fingerprint density at radius 2 is 1.85 bits per heavy atom. The summed E-state index contributed by atoms with van der Waals surface area (Å²) < 4.78 is 13.1. The lowest BCUT2D eigenvalue weighted by Crippen LogP contribution is -2.19. The van der Waals surface area contributed by atoms with Crippen molar-refractivity contribution in [3.63, 3.8) is 0 Å². The smallest absolute Gasteiger partial charge is 0.323 e. The molecule has 0 unspecified atom stereocenters. The van der Waals surface area contributed by atoms with E-state index < -0.39 is 0 Å². The fourth-order valence-corrected chi connectivity index (χ4v) is 1.79. The number of hydrogen-bond acceptors (Lipinski definition) is 2. The first kappa shape index (κ1) is 14.0. The molecule has 0 bridgehead atoms. The third kappa shape index (κ3) is 3.55. The SMILES string of the molecule is Cc1cc(NC(=O)Nc2cccc(CN)c2)ccc1F. The average Bonchev–Trinajstić information content (AvgIpc) is 2.43. The van der Waals surface area contributed by atoms with E-state index in [1.807, 2.05) is 12.1 Å². The molecule has 0 aromatic heterocycles. The van der Waals surface area contributed by atoms with Crippen LogP contribution in [0.15, 0.2) is 42.5 Å². The molecule has 0 radical (unpaired) electrons. The van der Waals surface area contributed by atoms with E-state index in [0.717, 1.165) is 5.56 Å². The number of amides is 2. The number of hydrogen-bond donors (Lipinski definition) is 3. The van der Waals surface area contributed by atoms with Crippen LogP contribution in [0, 0.1) is 12.7 Å². The Kier molecular flexibility index (Phi) is 4.32. The summed E-state index contributed by atoms with van der Waals surface area (Å²) in [6, 6.07) is 11.3. The fourth-order valence-electron chi connectivity index (χ4n) is 1.79. The highest BCUT2D eigenvalue weighted by Crippen LogP contribution is 2.15. The molecule has 2 aromatic rings. The second-order valence-electron chi connectivity index (χ2n) is 4.45. The maximum atomic E-state index is 13.1. The number of urea groups is 1. The van der Waals surface area contributed by atoms with Gasteiger partial charge in [0.15, 0.2) is 0 Å². The number of rotatable bonds is 3. The first-order valence-corrected chi connectivity index (χ1v) is 6.21. The van der Waals surface area contributed by atoms with Crippen LogP contribution >= 0.6 is 0 Å². The zero-order valence-electron chi connectivity index (χ0n) is 11.1. The van der Waals surface area contributed by atoms with Gasteiger partial charge in [0.05, 0.1) is 0 Å². The average molecular weight is 273 g/mol. The summed E-state index contributed by atoms with van der Waals surface area (Å²) in [5.41, 5.74) is 8.15. The Bertz CT molecular complexity index is 628. The lowest BCUT2D eigenvalue weighted by atomic mass is 10.2. The van der Waals surface area contributed by atoms with Crippen LogP contribution in [0.1, 0.15) is 11.1 Å². The molecule has 20 heavy (non-hydrogen) atoms. The highest BCUT2D eigenvalue weighted by atomic mass is 19.1. The molecule has 0 saturated heterocycles. The van der Waals surface area contributed by atoms with Crippen molar-refractivity contribution in [2.45, 2.75) is 13.5 Å². The number of halogens is 1. The number of benzene rings is 2. The van der Waals surface area contributed by atoms with E-state index >= 15 is 0 Å². The molecular weight excluding hydrogens is 257 g/mol. The summed E-state index contributed by atoms with van der Waals surface area (Å²) in [7, 11) is 0. The van der Waals surface area contributed by atoms with Crippen LogP contribution in [0.2, 0.25) is 0 Å². The van der Waals surface area contributed by atoms with Gasteiger partial charge in [-0.25, -0.2) is 9.18 Å². The summed E-state index contributed by atoms with van der Waals surface area (Å²) in [6.07, 6.45) is 0. The lowest BCUT2D eigenvalue weighted by Gasteiger charge is -2.09. The molecule has 4 nitrogen and oxygen atoms in total. The number of anilines is 2. The Morgan fingerprint density at radius 1 is 1.15 bits per heavy atom. The van der Waals surface area contributed by atoms with Crippen molar-refractivity contribution in [1.82, 2.24) is 0 Å². The normalized spacial score (nSPS) is 10.2. The predicted molar refractivity (Wildman–Crippen MR) is 78.1 cm³/mol. The molecule has 0 aliphatic carbocycles. The van der Waals surface area contributed by atoms with Crippen LogP contribution < -0.4 is 16.4 Å². The molecule has 0 heterocycles. The zero-order chi connectivity index (χ0) is 14.5. The van der Waals surface area contributed by atoms with E-state index in [4.69, 9.17) is 5.73 Å². The maximum absolute atomic E-state index is 13.1. The number of nitrogens with two attached hydrogens (primary N) is 1. The second kappa shape index (κ2) is 6.16. The molecule has 2 rings (SSSR count). The van der Waals surface area contributed by atoms with Gasteiger partial charge in [-0.1, -0.05) is 12.1 Å². The molecule has 0 atom stereocenters. The van der Waals surface area contributed by atoms with Crippen molar-refractivity contribution < 1.29 is 9.18 Å². The van der Waals surface area contributed by atoms with Crippen LogP contribution in [-0.2, 0) is 6.54 Å². The quantitative estimate of drug-likeness (QED) is 0.803. The van der Waals surface area contributed by atoms with Crippen LogP contribution in [0.4, 0.5) is 20.6 Å². The van der Waals surface area contributed by atoms with Gasteiger partial charge in [-0.2, -0.15) is 0 Å². The van der Waals surface area contributed by atoms with E-state index in [1.54, 1.807) is 25.1 Å². The molecule has 0 spiro atoms. The molecule has 2 amide bonds. The van der Waals surface area contributed by atoms with Gasteiger partial charge in [-0.05, 0) is 48.4 Å². The Morgan fingerprint density at radius 3 is 2.50 bits per heavy atom. The Labute approximate surface area is 116 Å². The maximum Gasteiger partial charge on any atom is 0.323 e. The molecule has 2 aromatic carbocycles. The van der Waals surface area contributed by atoms with Crippen LogP contribution in [0.5, 0.6) is 0 Å². The Balaban J connectivity index is 2.03. The van der Waals surface area contributed by atoms with Gasteiger partial charge < -0.3 is 16.4 Å². The van der Waals surface area contributed by atoms with Crippen molar-refractivity contribution in [3.05, 3.63) is 59.4 Å². The van der Waals surface area contributed by atoms with E-state index in [-0.39, 0.29) is 11.8 Å². The minimum atomic E-state index is -0.384. The molecule has 0 aliphatic heterocycles. The van der Waals surface area contributed by atoms with Gasteiger partial charge in [0, 0.05) is 17.9 Å². The van der Waals surface area contributed by atoms with Gasteiger partial charge in [0.25, 0.3) is 0 Å². The monoisotopic (exact) mass is 273 g/mol. The standard InChI is InChI=1S/C15H16FN3O/c1-10-7-13(5-6-14(10)16)19-15(20)18-12-4-2-3-11(8-12)9-17/h2-8H,9,17H2,1H3,(H2,18,19,20). The van der Waals surface area contributed by atoms with Crippen LogP contribution in [0.3, 0.4) is 0 Å². The first-order chi connectivity index (χ1) is 9.58. The first-order valence-electron chi connectivity index (χ1n) is 6.21. The highest BCUT2D eigenvalue weighted by Gasteiger charge is 2.05. The van der Waals surface area contributed by atoms with Crippen LogP contribution in [-0.4, -0.2) is 6.03 Å². The van der Waals surface area contributed by atoms with Gasteiger partial charge in [0.2, 0.25) is 0 Å². The summed E-state index contributed by atoms with van der Waals surface area (Å²) in [5, 5.41) is 5.35. The molecule has 4 N–H and O–H groups in total. The minimum absolute atomic E-state index is 0.299. The molecule has 0 aliphatic rings. The number of carbonyl (C=O) groups is 1. The van der Waals surface area contributed by atoms with Gasteiger partial charge in [-0.15, -0.1) is 0 Å². The van der Waals surface area contributed by atoms with Gasteiger partial charge >= 0.3 is 6.03 Å². The fraction of sp³-hybridized carbons (Fsp3) is 0.133. The van der Waals surface area contributed by atoms with Crippen molar-refractivity contribution in [2.75, 3.05) is 10.6 Å². The van der Waals surface area contributed by atoms with E-state index in [1.165, 1.54) is 12.1 Å². The molecule has 5 heteroatoms. The highest BCUT2D eigenvalue weighted by molar-refractivity contribution is 5.99. The zero-order valence-corrected chi connectivity index (χ0v) is 11.1. The van der Waals surface area contributed by atoms with Crippen molar-refractivity contribution >= 4 is 17.4 Å². The van der Waals surface area contributed by atoms with Crippen LogP contribution in [0.25, 0.3) is 0 Å². The van der Waals surface area contributed by atoms with Crippen molar-refractivity contribution in [2.24, 2.45) is 5.73 Å². The number of nitrogens with one attached hydrogen (secondary N) is 2. The van der Waals surface area contributed by atoms with E-state index in [9.17, 15) is 9.18 Å². The molecule has 104 valence electrons. The van der Waals surface area contributed by atoms with Crippen molar-refractivity contribution in [1.29, 1.82) is 0 Å². The predicted octanol–water partition coefficient (Wildman–Crippen LogP) is 3.24. The summed E-state index contributed by atoms with van der Waals surface area (Å²) in [5.74, 6) is -0.299. The van der Waals surface area contributed by atoms with Crippen molar-refractivity contribution in [3.8, 4) is 0 Å². The Hall–Kier alpha value is -2.40. The molecule has 0 fully saturated rings. The number of aryl methyl sites for hydroxylation is 1. The minimum Gasteiger partial charge on any atom is -0.326 e. The van der Waals surface area contributed by atoms with Gasteiger partial charge in [0.1, 0.15) is 5.82 Å². The molecule has 0 saturated carbocycles. The lowest BCUT2D eigenvalue weighted by molar-refractivity contribution is 0.262. The number of carbonyl (C=O) groups excluding carboxylic acids is 1. The van der Waals surface area contributed by atoms with Gasteiger partial charge in [-0.3, -0.25) is 0 Å². The largest absolute Gasteiger partial charge is 0.326 e. The van der Waals surface area contributed by atoms with E-state index in [0.29, 0.717) is 23.5 Å². The van der Waals surface area contributed by atoms with E-state index in [2.05, 4.69) is 10.6 Å². The summed E-state index contributed by atoms with van der Waals surface area (Å²) in [6.45, 7) is 2.05. The summed E-state index contributed by atoms with van der Waals surface area (Å²) >= 11 is 0. The summed E-state index contributed by atoms with van der Waals surface area (Å²) in [4.78, 5) is 11.8.